The van der Waals surface area contributed by atoms with E-state index >= 15 is 0 Å². The Morgan fingerprint density at radius 1 is 1.22 bits per heavy atom. The van der Waals surface area contributed by atoms with Gasteiger partial charge < -0.3 is 10.0 Å². The fourth-order valence-corrected chi connectivity index (χ4v) is 3.97. The number of aromatic nitrogens is 3. The lowest BCUT2D eigenvalue weighted by Gasteiger charge is -2.25. The lowest BCUT2D eigenvalue weighted by molar-refractivity contribution is 0.118. The van der Waals surface area contributed by atoms with Crippen LogP contribution in [0.2, 0.25) is 0 Å². The lowest BCUT2D eigenvalue weighted by Crippen LogP contribution is -2.35. The predicted octanol–water partition coefficient (Wildman–Crippen LogP) is 6.91. The van der Waals surface area contributed by atoms with Gasteiger partial charge >= 0.3 is 0 Å². The highest BCUT2D eigenvalue weighted by Crippen LogP contribution is 2.23. The normalized spacial score (nSPS) is 15.0. The minimum atomic E-state index is -1.06. The molecule has 0 aliphatic heterocycles. The largest absolute Gasteiger partial charge is 0.371 e. The summed E-state index contributed by atoms with van der Waals surface area (Å²) in [6, 6.07) is 10.1. The first-order valence-electron chi connectivity index (χ1n) is 12.8. The Labute approximate surface area is 227 Å². The van der Waals surface area contributed by atoms with Gasteiger partial charge in [-0.1, -0.05) is 105 Å². The van der Waals surface area contributed by atoms with Crippen LogP contribution in [0.5, 0.6) is 0 Å². The van der Waals surface area contributed by atoms with E-state index in [0.29, 0.717) is 31.3 Å². The number of anilines is 1. The van der Waals surface area contributed by atoms with Crippen LogP contribution in [0, 0.1) is 0 Å². The summed E-state index contributed by atoms with van der Waals surface area (Å²) in [6.07, 6.45) is 16.8. The van der Waals surface area contributed by atoms with Gasteiger partial charge in [0, 0.05) is 30.9 Å². The molecule has 2 N–H and O–H groups in total. The Bertz CT molecular complexity index is 1110. The Hall–Kier alpha value is -3.19. The summed E-state index contributed by atoms with van der Waals surface area (Å²) in [7, 11) is 0. The fourth-order valence-electron chi connectivity index (χ4n) is 3.82. The van der Waals surface area contributed by atoms with Gasteiger partial charge in [-0.3, -0.25) is 9.88 Å². The molecule has 198 valence electrons. The number of nitrogens with one attached hydrogen (secondary N) is 1. The number of rotatable bonds is 12. The SMILES string of the molecule is C=Cn1c(C(O)NC(C/C=C\C)/C(C)=C/Cl)nnc1N(CC1=CC=CCC=C1)Cc1ccccc1.CC. The van der Waals surface area contributed by atoms with Crippen molar-refractivity contribution in [3.05, 3.63) is 108 Å². The molecule has 0 radical (unpaired) electrons. The first kappa shape index (κ1) is 30.0. The van der Waals surface area contributed by atoms with Crippen molar-refractivity contribution in [3.8, 4) is 0 Å². The minimum Gasteiger partial charge on any atom is -0.371 e. The van der Waals surface area contributed by atoms with Gasteiger partial charge in [-0.05, 0) is 43.4 Å². The molecule has 0 saturated heterocycles. The summed E-state index contributed by atoms with van der Waals surface area (Å²) < 4.78 is 1.74. The van der Waals surface area contributed by atoms with Crippen LogP contribution < -0.4 is 10.2 Å². The molecule has 0 bridgehead atoms. The molecule has 1 aliphatic carbocycles. The summed E-state index contributed by atoms with van der Waals surface area (Å²) in [5, 5.41) is 23.1. The molecule has 37 heavy (non-hydrogen) atoms. The van der Waals surface area contributed by atoms with Gasteiger partial charge in [0.05, 0.1) is 0 Å². The zero-order valence-electron chi connectivity index (χ0n) is 22.4. The molecule has 1 aliphatic rings. The van der Waals surface area contributed by atoms with Crippen molar-refractivity contribution in [2.75, 3.05) is 11.4 Å². The quantitative estimate of drug-likeness (QED) is 0.234. The van der Waals surface area contributed by atoms with Crippen LogP contribution in [-0.4, -0.2) is 32.5 Å². The van der Waals surface area contributed by atoms with Crippen LogP contribution in [0.15, 0.2) is 96.1 Å². The summed E-state index contributed by atoms with van der Waals surface area (Å²) in [5.41, 5.74) is 4.75. The summed E-state index contributed by atoms with van der Waals surface area (Å²) in [4.78, 5) is 2.14. The number of hydrogen-bond acceptors (Lipinski definition) is 5. The molecule has 1 heterocycles. The standard InChI is InChI=1S/C28H34ClN5O.C2H6/c1-4-6-18-25(22(3)19-29)30-27(35)26-31-32-28(34(26)5-2)33(21-24-16-12-9-13-17-24)20-23-14-10-7-8-11-15-23;1-2/h4-7,9-17,19,25,27,30,35H,2,8,18,20-21H2,1,3H3;1-2H3/b6-4-,22-19+;. The van der Waals surface area contributed by atoms with Crippen molar-refractivity contribution in [2.24, 2.45) is 0 Å². The highest BCUT2D eigenvalue weighted by molar-refractivity contribution is 6.25. The number of aliphatic hydroxyl groups excluding tert-OH is 1. The molecule has 1 aromatic carbocycles. The van der Waals surface area contributed by atoms with Crippen LogP contribution in [0.1, 0.15) is 58.2 Å². The molecule has 2 unspecified atom stereocenters. The van der Waals surface area contributed by atoms with Gasteiger partial charge in [0.1, 0.15) is 0 Å². The Morgan fingerprint density at radius 2 is 1.97 bits per heavy atom. The first-order valence-corrected chi connectivity index (χ1v) is 13.2. The van der Waals surface area contributed by atoms with E-state index in [0.717, 1.165) is 23.1 Å². The van der Waals surface area contributed by atoms with E-state index in [9.17, 15) is 5.11 Å². The molecular weight excluding hydrogens is 482 g/mol. The molecule has 1 aromatic heterocycles. The Kier molecular flexibility index (Phi) is 13.4. The zero-order valence-corrected chi connectivity index (χ0v) is 23.1. The zero-order chi connectivity index (χ0) is 27.0. The average molecular weight is 522 g/mol. The fraction of sp³-hybridized carbons (Fsp3) is 0.333. The lowest BCUT2D eigenvalue weighted by atomic mass is 10.1. The summed E-state index contributed by atoms with van der Waals surface area (Å²) >= 11 is 5.96. The molecule has 2 atom stereocenters. The predicted molar refractivity (Wildman–Crippen MR) is 157 cm³/mol. The van der Waals surface area contributed by atoms with Crippen molar-refractivity contribution in [1.82, 2.24) is 20.1 Å². The maximum atomic E-state index is 11.1. The number of aliphatic hydroxyl groups is 1. The van der Waals surface area contributed by atoms with Crippen LogP contribution in [0.4, 0.5) is 5.95 Å². The van der Waals surface area contributed by atoms with Crippen LogP contribution >= 0.6 is 11.6 Å². The van der Waals surface area contributed by atoms with Crippen molar-refractivity contribution in [1.29, 1.82) is 0 Å². The van der Waals surface area contributed by atoms with E-state index in [1.165, 1.54) is 5.54 Å². The minimum absolute atomic E-state index is 0.148. The van der Waals surface area contributed by atoms with Crippen LogP contribution in [0.3, 0.4) is 0 Å². The van der Waals surface area contributed by atoms with Crippen molar-refractivity contribution in [2.45, 2.75) is 59.4 Å². The van der Waals surface area contributed by atoms with Gasteiger partial charge in [-0.25, -0.2) is 0 Å². The van der Waals surface area contributed by atoms with Gasteiger partial charge in [-0.15, -0.1) is 10.2 Å². The van der Waals surface area contributed by atoms with E-state index in [4.69, 9.17) is 11.6 Å². The maximum Gasteiger partial charge on any atom is 0.232 e. The Morgan fingerprint density at radius 3 is 2.65 bits per heavy atom. The third kappa shape index (κ3) is 9.01. The smallest absolute Gasteiger partial charge is 0.232 e. The molecule has 6 nitrogen and oxygen atoms in total. The van der Waals surface area contributed by atoms with Crippen molar-refractivity contribution in [3.63, 3.8) is 0 Å². The molecular formula is C30H40ClN5O. The number of nitrogens with zero attached hydrogens (tertiary/aromatic N) is 4. The van der Waals surface area contributed by atoms with E-state index in [-0.39, 0.29) is 6.04 Å². The van der Waals surface area contributed by atoms with E-state index in [1.54, 1.807) is 10.8 Å². The van der Waals surface area contributed by atoms with E-state index in [1.807, 2.05) is 58.0 Å². The molecule has 7 heteroatoms. The van der Waals surface area contributed by atoms with Crippen LogP contribution in [0.25, 0.3) is 6.20 Å². The van der Waals surface area contributed by atoms with Gasteiger partial charge in [0.2, 0.25) is 5.95 Å². The molecule has 0 amide bonds. The highest BCUT2D eigenvalue weighted by Gasteiger charge is 2.24. The molecule has 3 rings (SSSR count). The monoisotopic (exact) mass is 521 g/mol. The molecule has 0 spiro atoms. The topological polar surface area (TPSA) is 66.2 Å². The second-order valence-electron chi connectivity index (χ2n) is 8.34. The van der Waals surface area contributed by atoms with Crippen molar-refractivity contribution >= 4 is 23.7 Å². The maximum absolute atomic E-state index is 11.1. The third-order valence-electron chi connectivity index (χ3n) is 5.74. The van der Waals surface area contributed by atoms with E-state index < -0.39 is 6.23 Å². The number of hydrogen-bond donors (Lipinski definition) is 2. The molecule has 0 fully saturated rings. The Balaban J connectivity index is 0.00000235. The molecule has 0 saturated carbocycles. The first-order chi connectivity index (χ1) is 18.1. The van der Waals surface area contributed by atoms with Gasteiger partial charge in [0.25, 0.3) is 0 Å². The number of halogens is 1. The second kappa shape index (κ2) is 16.5. The van der Waals surface area contributed by atoms with Gasteiger partial charge in [-0.2, -0.15) is 0 Å². The molecule has 2 aromatic rings. The summed E-state index contributed by atoms with van der Waals surface area (Å²) in [5.74, 6) is 0.975. The summed E-state index contributed by atoms with van der Waals surface area (Å²) in [6.45, 7) is 13.1. The second-order valence-corrected chi connectivity index (χ2v) is 8.56. The van der Waals surface area contributed by atoms with E-state index in [2.05, 4.69) is 69.5 Å². The van der Waals surface area contributed by atoms with Crippen molar-refractivity contribution < 1.29 is 5.11 Å². The third-order valence-corrected chi connectivity index (χ3v) is 6.09. The number of benzene rings is 1. The average Bonchev–Trinajstić information content (AvgIpc) is 3.21. The van der Waals surface area contributed by atoms with Crippen LogP contribution in [-0.2, 0) is 6.54 Å². The highest BCUT2D eigenvalue weighted by atomic mass is 35.5. The van der Waals surface area contributed by atoms with Gasteiger partial charge in [0.15, 0.2) is 12.1 Å². The number of allylic oxidation sites excluding steroid dienone is 5.